The van der Waals surface area contributed by atoms with Crippen molar-refractivity contribution in [1.29, 1.82) is 0 Å². The SMILES string of the molecule is c1ccc(Nc2ccc(-c3ccc4c(c3)c3ccccc3n4-c3cccc4oc5ccccc5c34)cc2-c2ccccc2)cc1. The van der Waals surface area contributed by atoms with Gasteiger partial charge in [-0.05, 0) is 77.4 Å². The van der Waals surface area contributed by atoms with E-state index in [0.29, 0.717) is 0 Å². The minimum Gasteiger partial charge on any atom is -0.456 e. The molecular formula is C42H28N2O. The monoisotopic (exact) mass is 576 g/mol. The van der Waals surface area contributed by atoms with Crippen molar-refractivity contribution in [2.24, 2.45) is 0 Å². The van der Waals surface area contributed by atoms with Crippen LogP contribution in [0.5, 0.6) is 0 Å². The summed E-state index contributed by atoms with van der Waals surface area (Å²) in [5, 5.41) is 8.35. The maximum atomic E-state index is 6.27. The van der Waals surface area contributed by atoms with E-state index in [0.717, 1.165) is 44.6 Å². The molecule has 212 valence electrons. The first-order chi connectivity index (χ1) is 22.3. The fraction of sp³-hybridized carbons (Fsp3) is 0. The zero-order valence-corrected chi connectivity index (χ0v) is 24.4. The molecule has 0 fully saturated rings. The molecule has 0 radical (unpaired) electrons. The highest BCUT2D eigenvalue weighted by atomic mass is 16.3. The van der Waals surface area contributed by atoms with Crippen LogP contribution in [0, 0.1) is 0 Å². The number of rotatable bonds is 5. The van der Waals surface area contributed by atoms with E-state index in [1.54, 1.807) is 0 Å². The van der Waals surface area contributed by atoms with Gasteiger partial charge in [-0.2, -0.15) is 0 Å². The second-order valence-electron chi connectivity index (χ2n) is 11.5. The summed E-state index contributed by atoms with van der Waals surface area (Å²) in [6.45, 7) is 0. The van der Waals surface area contributed by atoms with E-state index in [9.17, 15) is 0 Å². The predicted molar refractivity (Wildman–Crippen MR) is 189 cm³/mol. The molecule has 0 aliphatic rings. The van der Waals surface area contributed by atoms with Crippen molar-refractivity contribution < 1.29 is 4.42 Å². The molecule has 3 nitrogen and oxygen atoms in total. The number of para-hydroxylation sites is 3. The fourth-order valence-electron chi connectivity index (χ4n) is 6.72. The van der Waals surface area contributed by atoms with Gasteiger partial charge in [0.25, 0.3) is 0 Å². The van der Waals surface area contributed by atoms with Crippen molar-refractivity contribution in [2.75, 3.05) is 5.32 Å². The van der Waals surface area contributed by atoms with Crippen molar-refractivity contribution in [3.05, 3.63) is 164 Å². The highest BCUT2D eigenvalue weighted by Crippen LogP contribution is 2.41. The van der Waals surface area contributed by atoms with E-state index in [-0.39, 0.29) is 0 Å². The quantitative estimate of drug-likeness (QED) is 0.221. The van der Waals surface area contributed by atoms with Crippen LogP contribution < -0.4 is 5.32 Å². The van der Waals surface area contributed by atoms with Gasteiger partial charge >= 0.3 is 0 Å². The Labute approximate surface area is 260 Å². The van der Waals surface area contributed by atoms with Gasteiger partial charge in [0.15, 0.2) is 0 Å². The molecule has 9 rings (SSSR count). The molecule has 0 spiro atoms. The van der Waals surface area contributed by atoms with E-state index < -0.39 is 0 Å². The molecule has 2 aromatic heterocycles. The Morgan fingerprint density at radius 1 is 0.444 bits per heavy atom. The van der Waals surface area contributed by atoms with Crippen LogP contribution in [-0.2, 0) is 0 Å². The lowest BCUT2D eigenvalue weighted by atomic mass is 9.96. The highest BCUT2D eigenvalue weighted by Gasteiger charge is 2.18. The topological polar surface area (TPSA) is 30.1 Å². The fourth-order valence-corrected chi connectivity index (χ4v) is 6.72. The zero-order valence-electron chi connectivity index (χ0n) is 24.4. The summed E-state index contributed by atoms with van der Waals surface area (Å²) < 4.78 is 8.66. The van der Waals surface area contributed by atoms with Gasteiger partial charge in [0.2, 0.25) is 0 Å². The smallest absolute Gasteiger partial charge is 0.137 e. The number of hydrogen-bond acceptors (Lipinski definition) is 2. The third kappa shape index (κ3) is 4.21. The third-order valence-corrected chi connectivity index (χ3v) is 8.78. The van der Waals surface area contributed by atoms with Gasteiger partial charge in [-0.3, -0.25) is 0 Å². The molecule has 9 aromatic rings. The number of anilines is 2. The van der Waals surface area contributed by atoms with Crippen LogP contribution in [0.25, 0.3) is 71.7 Å². The normalized spacial score (nSPS) is 11.6. The summed E-state index contributed by atoms with van der Waals surface area (Å²) in [7, 11) is 0. The highest BCUT2D eigenvalue weighted by molar-refractivity contribution is 6.15. The molecule has 0 unspecified atom stereocenters. The number of furan rings is 1. The Morgan fingerprint density at radius 2 is 1.11 bits per heavy atom. The molecule has 0 aliphatic carbocycles. The molecule has 1 N–H and O–H groups in total. The van der Waals surface area contributed by atoms with Gasteiger partial charge in [0.05, 0.1) is 22.1 Å². The number of fused-ring (bicyclic) bond motifs is 6. The molecule has 2 heterocycles. The lowest BCUT2D eigenvalue weighted by Gasteiger charge is -2.15. The summed E-state index contributed by atoms with van der Waals surface area (Å²) in [5.74, 6) is 0. The molecular weight excluding hydrogens is 548 g/mol. The molecule has 0 saturated heterocycles. The van der Waals surface area contributed by atoms with Crippen LogP contribution in [0.4, 0.5) is 11.4 Å². The van der Waals surface area contributed by atoms with Crippen molar-refractivity contribution in [1.82, 2.24) is 4.57 Å². The molecule has 7 aromatic carbocycles. The molecule has 45 heavy (non-hydrogen) atoms. The molecule has 0 bridgehead atoms. The summed E-state index contributed by atoms with van der Waals surface area (Å²) >= 11 is 0. The number of benzene rings is 7. The minimum absolute atomic E-state index is 0.897. The summed E-state index contributed by atoms with van der Waals surface area (Å²) in [5.41, 5.74) is 12.1. The first kappa shape index (κ1) is 25.4. The lowest BCUT2D eigenvalue weighted by Crippen LogP contribution is -1.95. The van der Waals surface area contributed by atoms with Crippen molar-refractivity contribution in [3.8, 4) is 27.9 Å². The standard InChI is InChI=1S/C42H28N2O/c1-3-12-28(13-4-1)34-26-29(22-24-36(34)43-31-14-5-2-6-15-31)30-23-25-38-35(27-30)32-16-7-9-18-37(32)44(38)39-19-11-21-41-42(39)33-17-8-10-20-40(33)45-41/h1-27,43H. The summed E-state index contributed by atoms with van der Waals surface area (Å²) in [4.78, 5) is 0. The Morgan fingerprint density at radius 3 is 1.98 bits per heavy atom. The number of hydrogen-bond donors (Lipinski definition) is 1. The molecule has 0 amide bonds. The van der Waals surface area contributed by atoms with E-state index in [4.69, 9.17) is 4.42 Å². The van der Waals surface area contributed by atoms with E-state index in [1.165, 1.54) is 38.5 Å². The van der Waals surface area contributed by atoms with Gasteiger partial charge in [0.1, 0.15) is 11.2 Å². The van der Waals surface area contributed by atoms with Crippen LogP contribution in [0.3, 0.4) is 0 Å². The van der Waals surface area contributed by atoms with Crippen LogP contribution in [0.15, 0.2) is 168 Å². The Bertz CT molecular complexity index is 2510. The first-order valence-electron chi connectivity index (χ1n) is 15.3. The largest absolute Gasteiger partial charge is 0.456 e. The third-order valence-electron chi connectivity index (χ3n) is 8.78. The van der Waals surface area contributed by atoms with Gasteiger partial charge in [-0.1, -0.05) is 103 Å². The number of aromatic nitrogens is 1. The van der Waals surface area contributed by atoms with Crippen molar-refractivity contribution >= 4 is 55.1 Å². The van der Waals surface area contributed by atoms with E-state index in [1.807, 2.05) is 18.2 Å². The Hall–Kier alpha value is -6.06. The second kappa shape index (κ2) is 10.3. The zero-order chi connectivity index (χ0) is 29.7. The molecule has 0 atom stereocenters. The maximum absolute atomic E-state index is 6.27. The summed E-state index contributed by atoms with van der Waals surface area (Å²) in [6.07, 6.45) is 0. The minimum atomic E-state index is 0.897. The Kier molecular flexibility index (Phi) is 5.82. The van der Waals surface area contributed by atoms with Crippen molar-refractivity contribution in [2.45, 2.75) is 0 Å². The van der Waals surface area contributed by atoms with Crippen LogP contribution in [0.2, 0.25) is 0 Å². The van der Waals surface area contributed by atoms with Gasteiger partial charge < -0.3 is 14.3 Å². The maximum Gasteiger partial charge on any atom is 0.137 e. The lowest BCUT2D eigenvalue weighted by molar-refractivity contribution is 0.669. The average Bonchev–Trinajstić information content (AvgIpc) is 3.65. The van der Waals surface area contributed by atoms with Crippen LogP contribution in [0.1, 0.15) is 0 Å². The second-order valence-corrected chi connectivity index (χ2v) is 11.5. The number of nitrogens with zero attached hydrogens (tertiary/aromatic N) is 1. The molecule has 3 heteroatoms. The summed E-state index contributed by atoms with van der Waals surface area (Å²) in [6, 6.07) is 57.9. The molecule has 0 saturated carbocycles. The molecule has 0 aliphatic heterocycles. The van der Waals surface area contributed by atoms with Gasteiger partial charge in [-0.15, -0.1) is 0 Å². The van der Waals surface area contributed by atoms with Crippen molar-refractivity contribution in [3.63, 3.8) is 0 Å². The van der Waals surface area contributed by atoms with Gasteiger partial charge in [-0.25, -0.2) is 0 Å². The first-order valence-corrected chi connectivity index (χ1v) is 15.3. The predicted octanol–water partition coefficient (Wildman–Crippen LogP) is 11.8. The van der Waals surface area contributed by atoms with Crippen LogP contribution >= 0.6 is 0 Å². The number of nitrogens with one attached hydrogen (secondary N) is 1. The van der Waals surface area contributed by atoms with E-state index in [2.05, 4.69) is 155 Å². The van der Waals surface area contributed by atoms with E-state index >= 15 is 0 Å². The average molecular weight is 577 g/mol. The van der Waals surface area contributed by atoms with Gasteiger partial charge in [0, 0.05) is 33.1 Å². The Balaban J connectivity index is 1.24. The van der Waals surface area contributed by atoms with Crippen LogP contribution in [-0.4, -0.2) is 4.57 Å².